The molecule has 0 bridgehead atoms. The summed E-state index contributed by atoms with van der Waals surface area (Å²) < 4.78 is 24.1. The second-order valence-electron chi connectivity index (χ2n) is 8.61. The molecule has 11 heteroatoms. The molecule has 1 fully saturated rings. The van der Waals surface area contributed by atoms with Crippen LogP contribution in [0.2, 0.25) is 0 Å². The molecule has 0 saturated carbocycles. The van der Waals surface area contributed by atoms with Gasteiger partial charge in [-0.15, -0.1) is 0 Å². The average Bonchev–Trinajstić information content (AvgIpc) is 2.88. The summed E-state index contributed by atoms with van der Waals surface area (Å²) in [6.07, 6.45) is 0. The molecule has 1 aliphatic heterocycles. The molecule has 0 aliphatic carbocycles. The van der Waals surface area contributed by atoms with E-state index in [4.69, 9.17) is 29.3 Å². The minimum atomic E-state index is -1.82. The fraction of sp³-hybridized carbons (Fsp3) is 0.423. The summed E-state index contributed by atoms with van der Waals surface area (Å²) in [5.74, 6) is -2.41. The van der Waals surface area contributed by atoms with Crippen molar-refractivity contribution in [3.05, 3.63) is 59.4 Å². The molecule has 2 N–H and O–H groups in total. The summed E-state index contributed by atoms with van der Waals surface area (Å²) in [5.41, 5.74) is 1.97. The summed E-state index contributed by atoms with van der Waals surface area (Å²) in [7, 11) is 5.05. The Morgan fingerprint density at radius 2 is 1.57 bits per heavy atom. The molecule has 0 radical (unpaired) electrons. The van der Waals surface area contributed by atoms with Crippen LogP contribution < -0.4 is 9.47 Å². The molecule has 37 heavy (non-hydrogen) atoms. The lowest BCUT2D eigenvalue weighted by atomic mass is 10.1. The van der Waals surface area contributed by atoms with Crippen molar-refractivity contribution in [2.75, 3.05) is 47.4 Å². The molecule has 1 aliphatic rings. The number of likely N-dealkylation sites (N-methyl/N-ethyl adjacent to an activating group) is 1. The number of rotatable bonds is 8. The van der Waals surface area contributed by atoms with Crippen molar-refractivity contribution in [2.24, 2.45) is 0 Å². The molecular formula is C26H34FN3O7. The number of aliphatic carboxylic acids is 2. The van der Waals surface area contributed by atoms with E-state index in [1.165, 1.54) is 17.7 Å². The van der Waals surface area contributed by atoms with Gasteiger partial charge in [0.05, 0.1) is 20.3 Å². The van der Waals surface area contributed by atoms with Gasteiger partial charge in [0.1, 0.15) is 5.82 Å². The number of carbonyl (C=O) groups excluding carboxylic acids is 1. The smallest absolute Gasteiger partial charge is 0.414 e. The Hall–Kier alpha value is -3.70. The van der Waals surface area contributed by atoms with Crippen molar-refractivity contribution in [3.63, 3.8) is 0 Å². The Bertz CT molecular complexity index is 1060. The van der Waals surface area contributed by atoms with Gasteiger partial charge >= 0.3 is 11.9 Å². The van der Waals surface area contributed by atoms with Crippen LogP contribution in [-0.4, -0.2) is 96.2 Å². The first-order chi connectivity index (χ1) is 17.5. The van der Waals surface area contributed by atoms with E-state index in [2.05, 4.69) is 15.9 Å². The third kappa shape index (κ3) is 9.03. The molecule has 0 spiro atoms. The number of carboxylic acids is 2. The highest BCUT2D eigenvalue weighted by molar-refractivity contribution is 6.27. The summed E-state index contributed by atoms with van der Waals surface area (Å²) in [4.78, 5) is 37.4. The van der Waals surface area contributed by atoms with E-state index in [0.29, 0.717) is 6.54 Å². The molecule has 10 nitrogen and oxygen atoms in total. The third-order valence-corrected chi connectivity index (χ3v) is 6.03. The van der Waals surface area contributed by atoms with Gasteiger partial charge in [0.15, 0.2) is 11.5 Å². The zero-order valence-corrected chi connectivity index (χ0v) is 21.5. The molecule has 1 unspecified atom stereocenters. The van der Waals surface area contributed by atoms with E-state index in [1.54, 1.807) is 32.2 Å². The van der Waals surface area contributed by atoms with Crippen molar-refractivity contribution in [1.29, 1.82) is 0 Å². The maximum atomic E-state index is 13.4. The van der Waals surface area contributed by atoms with E-state index >= 15 is 0 Å². The molecule has 2 aromatic carbocycles. The average molecular weight is 520 g/mol. The van der Waals surface area contributed by atoms with Gasteiger partial charge in [-0.05, 0) is 42.3 Å². The number of hydrogen-bond donors (Lipinski definition) is 2. The molecule has 1 atom stereocenters. The largest absolute Gasteiger partial charge is 0.493 e. The Kier molecular flexibility index (Phi) is 11.3. The number of carboxylic acid groups (broad SMARTS) is 2. The second kappa shape index (κ2) is 14.1. The Morgan fingerprint density at radius 3 is 2.11 bits per heavy atom. The minimum Gasteiger partial charge on any atom is -0.493 e. The van der Waals surface area contributed by atoms with Crippen molar-refractivity contribution in [1.82, 2.24) is 14.7 Å². The van der Waals surface area contributed by atoms with Gasteiger partial charge in [0, 0.05) is 46.3 Å². The number of amides is 1. The number of hydrogen-bond acceptors (Lipinski definition) is 7. The maximum Gasteiger partial charge on any atom is 0.414 e. The van der Waals surface area contributed by atoms with Crippen LogP contribution in [-0.2, 0) is 27.5 Å². The first kappa shape index (κ1) is 29.5. The van der Waals surface area contributed by atoms with Crippen molar-refractivity contribution < 1.29 is 38.5 Å². The lowest BCUT2D eigenvalue weighted by molar-refractivity contribution is -0.159. The number of nitrogens with zero attached hydrogens (tertiary/aromatic N) is 3. The van der Waals surface area contributed by atoms with Gasteiger partial charge in [-0.2, -0.15) is 0 Å². The molecule has 1 heterocycles. The van der Waals surface area contributed by atoms with Gasteiger partial charge in [0.25, 0.3) is 0 Å². The van der Waals surface area contributed by atoms with Crippen LogP contribution in [0.15, 0.2) is 42.5 Å². The van der Waals surface area contributed by atoms with Crippen molar-refractivity contribution in [2.45, 2.75) is 26.1 Å². The quantitative estimate of drug-likeness (QED) is 0.506. The Balaban J connectivity index is 0.000000717. The van der Waals surface area contributed by atoms with Crippen LogP contribution >= 0.6 is 0 Å². The lowest BCUT2D eigenvalue weighted by Gasteiger charge is -2.38. The van der Waals surface area contributed by atoms with Gasteiger partial charge in [-0.25, -0.2) is 14.0 Å². The monoisotopic (exact) mass is 519 g/mol. The molecule has 2 aromatic rings. The number of benzene rings is 2. The van der Waals surface area contributed by atoms with Crippen LogP contribution in [0.4, 0.5) is 4.39 Å². The first-order valence-electron chi connectivity index (χ1n) is 11.7. The first-order valence-corrected chi connectivity index (χ1v) is 11.7. The highest BCUT2D eigenvalue weighted by Crippen LogP contribution is 2.28. The number of piperazine rings is 1. The molecular weight excluding hydrogens is 485 g/mol. The van der Waals surface area contributed by atoms with Gasteiger partial charge in [-0.3, -0.25) is 14.6 Å². The standard InChI is InChI=1S/C24H32FN3O3.C2H2O4/c1-18(24(29)26(2)16-19-6-5-7-21(25)14-19)28-12-10-27(11-13-28)17-20-8-9-22(30-3)23(15-20)31-4;3-1(4)2(5)6/h5-9,14-15,18H,10-13,16-17H2,1-4H3;(H,3,4)(H,5,6). The molecule has 1 saturated heterocycles. The zero-order chi connectivity index (χ0) is 27.5. The molecule has 1 amide bonds. The van der Waals surface area contributed by atoms with E-state index in [0.717, 1.165) is 49.8 Å². The number of carbonyl (C=O) groups is 3. The summed E-state index contributed by atoms with van der Waals surface area (Å²) in [6, 6.07) is 12.2. The fourth-order valence-electron chi connectivity index (χ4n) is 4.01. The zero-order valence-electron chi connectivity index (χ0n) is 21.5. The van der Waals surface area contributed by atoms with Gasteiger partial charge in [-0.1, -0.05) is 18.2 Å². The van der Waals surface area contributed by atoms with Gasteiger partial charge < -0.3 is 24.6 Å². The fourth-order valence-corrected chi connectivity index (χ4v) is 4.01. The highest BCUT2D eigenvalue weighted by atomic mass is 19.1. The summed E-state index contributed by atoms with van der Waals surface area (Å²) >= 11 is 0. The third-order valence-electron chi connectivity index (χ3n) is 6.03. The molecule has 3 rings (SSSR count). The van der Waals surface area contributed by atoms with Crippen LogP contribution in [0.1, 0.15) is 18.1 Å². The van der Waals surface area contributed by atoms with E-state index < -0.39 is 11.9 Å². The Morgan fingerprint density at radius 1 is 0.946 bits per heavy atom. The SMILES string of the molecule is COc1ccc(CN2CCN(C(C)C(=O)N(C)Cc3cccc(F)c3)CC2)cc1OC.O=C(O)C(=O)O. The number of methoxy groups -OCH3 is 2. The topological polar surface area (TPSA) is 120 Å². The van der Waals surface area contributed by atoms with E-state index in [1.807, 2.05) is 25.1 Å². The van der Waals surface area contributed by atoms with Crippen LogP contribution in [0, 0.1) is 5.82 Å². The van der Waals surface area contributed by atoms with Crippen LogP contribution in [0.3, 0.4) is 0 Å². The predicted octanol–water partition coefficient (Wildman–Crippen LogP) is 2.16. The molecule has 0 aromatic heterocycles. The van der Waals surface area contributed by atoms with Crippen molar-refractivity contribution in [3.8, 4) is 11.5 Å². The number of halogens is 1. The predicted molar refractivity (Wildman–Crippen MR) is 134 cm³/mol. The maximum absolute atomic E-state index is 13.4. The van der Waals surface area contributed by atoms with Crippen LogP contribution in [0.5, 0.6) is 11.5 Å². The second-order valence-corrected chi connectivity index (χ2v) is 8.61. The van der Waals surface area contributed by atoms with Crippen LogP contribution in [0.25, 0.3) is 0 Å². The van der Waals surface area contributed by atoms with E-state index in [-0.39, 0.29) is 17.8 Å². The Labute approximate surface area is 215 Å². The minimum absolute atomic E-state index is 0.0533. The van der Waals surface area contributed by atoms with E-state index in [9.17, 15) is 9.18 Å². The summed E-state index contributed by atoms with van der Waals surface area (Å²) in [6.45, 7) is 6.62. The number of ether oxygens (including phenoxy) is 2. The van der Waals surface area contributed by atoms with Gasteiger partial charge in [0.2, 0.25) is 5.91 Å². The highest BCUT2D eigenvalue weighted by Gasteiger charge is 2.27. The van der Waals surface area contributed by atoms with Crippen molar-refractivity contribution >= 4 is 17.8 Å². The summed E-state index contributed by atoms with van der Waals surface area (Å²) in [5, 5.41) is 14.8. The lowest BCUT2D eigenvalue weighted by Crippen LogP contribution is -2.53. The molecule has 202 valence electrons. The normalized spacial score (nSPS) is 14.6.